The first-order chi connectivity index (χ1) is 14.8. The molecule has 0 bridgehead atoms. The molecule has 0 radical (unpaired) electrons. The van der Waals surface area contributed by atoms with E-state index in [9.17, 15) is 0 Å². The molecule has 1 saturated heterocycles. The van der Waals surface area contributed by atoms with E-state index in [2.05, 4.69) is 102 Å². The van der Waals surface area contributed by atoms with Crippen LogP contribution in [0.25, 0.3) is 0 Å². The van der Waals surface area contributed by atoms with Crippen LogP contribution in [0.3, 0.4) is 0 Å². The SMILES string of the molecule is C=CC[C@@H]1O[C@H](CC=C)[C@@H](C)[C@H]1CO[Si](c1ccccc1)(c1ccccc1)C(C)(C)C. The first-order valence-corrected chi connectivity index (χ1v) is 13.4. The second-order valence-corrected chi connectivity index (χ2v) is 14.1. The van der Waals surface area contributed by atoms with Gasteiger partial charge in [0.05, 0.1) is 12.2 Å². The molecule has 2 aromatic rings. The Morgan fingerprint density at radius 1 is 0.871 bits per heavy atom. The summed E-state index contributed by atoms with van der Waals surface area (Å²) in [5.41, 5.74) is 0. The summed E-state index contributed by atoms with van der Waals surface area (Å²) in [6.07, 6.45) is 6.03. The lowest BCUT2D eigenvalue weighted by molar-refractivity contribution is 0.0286. The summed E-state index contributed by atoms with van der Waals surface area (Å²) in [5.74, 6) is 0.755. The van der Waals surface area contributed by atoms with Crippen molar-refractivity contribution in [3.05, 3.63) is 86.0 Å². The van der Waals surface area contributed by atoms with E-state index in [-0.39, 0.29) is 17.2 Å². The van der Waals surface area contributed by atoms with Crippen LogP contribution >= 0.6 is 0 Å². The fourth-order valence-corrected chi connectivity index (χ4v) is 9.73. The Kier molecular flexibility index (Phi) is 7.74. The summed E-state index contributed by atoms with van der Waals surface area (Å²) in [6.45, 7) is 17.9. The smallest absolute Gasteiger partial charge is 0.261 e. The van der Waals surface area contributed by atoms with Crippen molar-refractivity contribution in [2.75, 3.05) is 6.61 Å². The van der Waals surface area contributed by atoms with Gasteiger partial charge in [-0.3, -0.25) is 0 Å². The average Bonchev–Trinajstić information content (AvgIpc) is 3.04. The van der Waals surface area contributed by atoms with Gasteiger partial charge in [-0.05, 0) is 34.2 Å². The Labute approximate surface area is 190 Å². The highest BCUT2D eigenvalue weighted by atomic mass is 28.4. The van der Waals surface area contributed by atoms with E-state index < -0.39 is 8.32 Å². The van der Waals surface area contributed by atoms with Gasteiger partial charge in [-0.15, -0.1) is 13.2 Å². The van der Waals surface area contributed by atoms with E-state index in [0.29, 0.717) is 18.4 Å². The molecule has 4 atom stereocenters. The van der Waals surface area contributed by atoms with Crippen molar-refractivity contribution in [2.45, 2.75) is 57.8 Å². The van der Waals surface area contributed by atoms with Crippen molar-refractivity contribution in [3.8, 4) is 0 Å². The zero-order chi connectivity index (χ0) is 22.5. The summed E-state index contributed by atoms with van der Waals surface area (Å²) in [5, 5.41) is 2.62. The Balaban J connectivity index is 2.01. The molecule has 166 valence electrons. The van der Waals surface area contributed by atoms with E-state index in [1.54, 1.807) is 0 Å². The van der Waals surface area contributed by atoms with Crippen molar-refractivity contribution in [1.82, 2.24) is 0 Å². The van der Waals surface area contributed by atoms with Gasteiger partial charge in [-0.1, -0.05) is 101 Å². The first kappa shape index (κ1) is 23.7. The normalized spacial score (nSPS) is 24.1. The molecule has 0 unspecified atom stereocenters. The van der Waals surface area contributed by atoms with Gasteiger partial charge in [0.25, 0.3) is 8.32 Å². The van der Waals surface area contributed by atoms with Crippen LogP contribution in [0.2, 0.25) is 5.04 Å². The van der Waals surface area contributed by atoms with Crippen molar-refractivity contribution < 1.29 is 9.16 Å². The van der Waals surface area contributed by atoms with Gasteiger partial charge in [0.2, 0.25) is 0 Å². The summed E-state index contributed by atoms with van der Waals surface area (Å²) in [6, 6.07) is 21.7. The number of hydrogen-bond donors (Lipinski definition) is 0. The third kappa shape index (κ3) is 4.79. The van der Waals surface area contributed by atoms with Gasteiger partial charge < -0.3 is 9.16 Å². The number of benzene rings is 2. The van der Waals surface area contributed by atoms with Crippen molar-refractivity contribution in [3.63, 3.8) is 0 Å². The molecule has 0 aromatic heterocycles. The van der Waals surface area contributed by atoms with Gasteiger partial charge in [0.1, 0.15) is 0 Å². The molecule has 0 saturated carbocycles. The molecule has 2 nitrogen and oxygen atoms in total. The molecule has 31 heavy (non-hydrogen) atoms. The maximum atomic E-state index is 7.22. The zero-order valence-corrected chi connectivity index (χ0v) is 20.6. The molecule has 3 heteroatoms. The van der Waals surface area contributed by atoms with Crippen LogP contribution in [0.4, 0.5) is 0 Å². The highest BCUT2D eigenvalue weighted by molar-refractivity contribution is 6.99. The monoisotopic (exact) mass is 434 g/mol. The third-order valence-corrected chi connectivity index (χ3v) is 11.8. The van der Waals surface area contributed by atoms with E-state index in [0.717, 1.165) is 12.8 Å². The molecule has 1 heterocycles. The van der Waals surface area contributed by atoms with E-state index >= 15 is 0 Å². The number of ether oxygens (including phenoxy) is 1. The van der Waals surface area contributed by atoms with Crippen LogP contribution < -0.4 is 10.4 Å². The predicted octanol–water partition coefficient (Wildman–Crippen LogP) is 5.73. The summed E-state index contributed by atoms with van der Waals surface area (Å²) in [7, 11) is -2.54. The van der Waals surface area contributed by atoms with Crippen molar-refractivity contribution in [2.24, 2.45) is 11.8 Å². The molecule has 0 amide bonds. The van der Waals surface area contributed by atoms with Crippen LogP contribution in [0.1, 0.15) is 40.5 Å². The Hall–Kier alpha value is -1.94. The minimum Gasteiger partial charge on any atom is -0.407 e. The van der Waals surface area contributed by atoms with Gasteiger partial charge in [-0.2, -0.15) is 0 Å². The molecule has 1 aliphatic rings. The van der Waals surface area contributed by atoms with Crippen LogP contribution in [0.5, 0.6) is 0 Å². The van der Waals surface area contributed by atoms with Crippen LogP contribution in [0.15, 0.2) is 86.0 Å². The van der Waals surface area contributed by atoms with E-state index in [4.69, 9.17) is 9.16 Å². The molecule has 1 fully saturated rings. The minimum absolute atomic E-state index is 0.0210. The highest BCUT2D eigenvalue weighted by Crippen LogP contribution is 2.40. The Morgan fingerprint density at radius 3 is 1.81 bits per heavy atom. The molecule has 1 aliphatic heterocycles. The summed E-state index contributed by atoms with van der Waals surface area (Å²) >= 11 is 0. The zero-order valence-electron chi connectivity index (χ0n) is 19.6. The maximum absolute atomic E-state index is 7.22. The fraction of sp³-hybridized carbons (Fsp3) is 0.429. The molecule has 2 aromatic carbocycles. The molecule has 0 spiro atoms. The molecular formula is C28H38O2Si. The van der Waals surface area contributed by atoms with E-state index in [1.807, 2.05) is 12.2 Å². The lowest BCUT2D eigenvalue weighted by atomic mass is 9.87. The van der Waals surface area contributed by atoms with E-state index in [1.165, 1.54) is 10.4 Å². The average molecular weight is 435 g/mol. The first-order valence-electron chi connectivity index (χ1n) is 11.5. The van der Waals surface area contributed by atoms with Gasteiger partial charge >= 0.3 is 0 Å². The topological polar surface area (TPSA) is 18.5 Å². The van der Waals surface area contributed by atoms with Crippen molar-refractivity contribution >= 4 is 18.7 Å². The standard InChI is InChI=1S/C28H38O2Si/c1-7-15-26-22(3)25(27(30-26)16-8-2)21-29-31(28(4,5)6,23-17-11-9-12-18-23)24-19-13-10-14-20-24/h7-14,17-20,22,25-27H,1-2,15-16,21H2,3-6H3/t22-,25+,26+,27-/m0/s1. The predicted molar refractivity (Wildman–Crippen MR) is 135 cm³/mol. The van der Waals surface area contributed by atoms with Crippen molar-refractivity contribution in [1.29, 1.82) is 0 Å². The largest absolute Gasteiger partial charge is 0.407 e. The lowest BCUT2D eigenvalue weighted by Crippen LogP contribution is -2.67. The molecule has 0 aliphatic carbocycles. The lowest BCUT2D eigenvalue weighted by Gasteiger charge is -2.44. The second-order valence-electron chi connectivity index (χ2n) is 9.76. The van der Waals surface area contributed by atoms with Gasteiger partial charge in [0, 0.05) is 12.5 Å². The van der Waals surface area contributed by atoms with Crippen LogP contribution in [-0.2, 0) is 9.16 Å². The Bertz CT molecular complexity index is 801. The third-order valence-electron chi connectivity index (χ3n) is 6.80. The fourth-order valence-electron chi connectivity index (χ4n) is 5.13. The minimum atomic E-state index is -2.54. The second kappa shape index (κ2) is 10.1. The number of rotatable bonds is 9. The maximum Gasteiger partial charge on any atom is 0.261 e. The quantitative estimate of drug-likeness (QED) is 0.370. The summed E-state index contributed by atoms with van der Waals surface area (Å²) in [4.78, 5) is 0. The summed E-state index contributed by atoms with van der Waals surface area (Å²) < 4.78 is 13.6. The number of hydrogen-bond acceptors (Lipinski definition) is 2. The Morgan fingerprint density at radius 2 is 1.35 bits per heavy atom. The van der Waals surface area contributed by atoms with Gasteiger partial charge in [0.15, 0.2) is 0 Å². The highest BCUT2D eigenvalue weighted by Gasteiger charge is 2.51. The van der Waals surface area contributed by atoms with Crippen LogP contribution in [0, 0.1) is 11.8 Å². The van der Waals surface area contributed by atoms with Gasteiger partial charge in [-0.25, -0.2) is 0 Å². The molecule has 0 N–H and O–H groups in total. The van der Waals surface area contributed by atoms with Crippen LogP contribution in [-0.4, -0.2) is 27.1 Å². The molecule has 3 rings (SSSR count). The molecular weight excluding hydrogens is 396 g/mol.